The van der Waals surface area contributed by atoms with Gasteiger partial charge in [0.25, 0.3) is 5.91 Å². The van der Waals surface area contributed by atoms with Crippen molar-refractivity contribution in [2.45, 2.75) is 58.6 Å². The third-order valence-corrected chi connectivity index (χ3v) is 6.72. The first kappa shape index (κ1) is 17.8. The van der Waals surface area contributed by atoms with Gasteiger partial charge in [0.1, 0.15) is 5.60 Å². The van der Waals surface area contributed by atoms with Crippen molar-refractivity contribution >= 4 is 23.3 Å². The fourth-order valence-electron chi connectivity index (χ4n) is 4.31. The van der Waals surface area contributed by atoms with E-state index in [1.54, 1.807) is 4.90 Å². The van der Waals surface area contributed by atoms with Crippen LogP contribution >= 0.6 is 11.3 Å². The number of carbonyl (C=O) groups excluding carboxylic acids is 2. The molecule has 6 nitrogen and oxygen atoms in total. The molecule has 2 amide bonds. The SMILES string of the molecule is CC(C)(C)OC(=O)N1CCc2sc(C(=O)N3C[C@H]4CCC[C@H]4C3)nc2C1. The molecule has 1 aromatic heterocycles. The zero-order chi connectivity index (χ0) is 18.5. The molecular weight excluding hydrogens is 350 g/mol. The third-order valence-electron chi connectivity index (χ3n) is 5.58. The summed E-state index contributed by atoms with van der Waals surface area (Å²) in [5, 5.41) is 0.584. The highest BCUT2D eigenvalue weighted by molar-refractivity contribution is 7.13. The van der Waals surface area contributed by atoms with Crippen LogP contribution in [0, 0.1) is 11.8 Å². The Labute approximate surface area is 158 Å². The molecular formula is C19H27N3O3S. The summed E-state index contributed by atoms with van der Waals surface area (Å²) >= 11 is 1.50. The largest absolute Gasteiger partial charge is 0.444 e. The van der Waals surface area contributed by atoms with Gasteiger partial charge in [0.2, 0.25) is 0 Å². The van der Waals surface area contributed by atoms with E-state index in [0.717, 1.165) is 30.1 Å². The first-order valence-corrected chi connectivity index (χ1v) is 10.4. The second-order valence-electron chi connectivity index (χ2n) is 8.70. The van der Waals surface area contributed by atoms with E-state index < -0.39 is 5.60 Å². The molecule has 1 aromatic rings. The molecule has 2 aliphatic heterocycles. The molecule has 2 atom stereocenters. The predicted octanol–water partition coefficient (Wildman–Crippen LogP) is 3.31. The van der Waals surface area contributed by atoms with Crippen LogP contribution in [-0.4, -0.2) is 52.0 Å². The van der Waals surface area contributed by atoms with Gasteiger partial charge < -0.3 is 14.5 Å². The maximum atomic E-state index is 12.9. The number of carbonyl (C=O) groups is 2. The predicted molar refractivity (Wildman–Crippen MR) is 99.2 cm³/mol. The number of fused-ring (bicyclic) bond motifs is 2. The normalized spacial score (nSPS) is 25.2. The Bertz CT molecular complexity index is 712. The maximum Gasteiger partial charge on any atom is 0.410 e. The topological polar surface area (TPSA) is 62.7 Å². The molecule has 7 heteroatoms. The number of rotatable bonds is 1. The number of amides is 2. The number of nitrogens with zero attached hydrogens (tertiary/aromatic N) is 3. The van der Waals surface area contributed by atoms with Gasteiger partial charge in [-0.2, -0.15) is 0 Å². The van der Waals surface area contributed by atoms with Gasteiger partial charge in [-0.1, -0.05) is 6.42 Å². The Morgan fingerprint density at radius 1 is 1.15 bits per heavy atom. The second kappa shape index (κ2) is 6.51. The number of hydrogen-bond donors (Lipinski definition) is 0. The Morgan fingerprint density at radius 2 is 1.85 bits per heavy atom. The molecule has 1 aliphatic carbocycles. The highest BCUT2D eigenvalue weighted by Gasteiger charge is 2.39. The standard InChI is InChI=1S/C19H27N3O3S/c1-19(2,3)25-18(24)21-8-7-15-14(11-21)20-16(26-15)17(23)22-9-12-5-4-6-13(12)10-22/h12-13H,4-11H2,1-3H3/t12-,13+. The summed E-state index contributed by atoms with van der Waals surface area (Å²) in [7, 11) is 0. The summed E-state index contributed by atoms with van der Waals surface area (Å²) in [4.78, 5) is 34.6. The van der Waals surface area contributed by atoms with Crippen LogP contribution in [0.4, 0.5) is 4.79 Å². The summed E-state index contributed by atoms with van der Waals surface area (Å²) in [5.41, 5.74) is 0.351. The van der Waals surface area contributed by atoms with Gasteiger partial charge >= 0.3 is 6.09 Å². The van der Waals surface area contributed by atoms with Gasteiger partial charge in [-0.25, -0.2) is 9.78 Å². The van der Waals surface area contributed by atoms with Crippen molar-refractivity contribution in [3.8, 4) is 0 Å². The van der Waals surface area contributed by atoms with Crippen LogP contribution in [-0.2, 0) is 17.7 Å². The van der Waals surface area contributed by atoms with Crippen LogP contribution in [0.2, 0.25) is 0 Å². The van der Waals surface area contributed by atoms with Gasteiger partial charge in [-0.15, -0.1) is 11.3 Å². The molecule has 0 radical (unpaired) electrons. The third kappa shape index (κ3) is 3.46. The van der Waals surface area contributed by atoms with Crippen LogP contribution in [0.3, 0.4) is 0 Å². The number of likely N-dealkylation sites (tertiary alicyclic amines) is 1. The number of ether oxygens (including phenoxy) is 1. The van der Waals surface area contributed by atoms with E-state index in [9.17, 15) is 9.59 Å². The van der Waals surface area contributed by atoms with E-state index >= 15 is 0 Å². The monoisotopic (exact) mass is 377 g/mol. The molecule has 1 saturated heterocycles. The minimum Gasteiger partial charge on any atom is -0.444 e. The number of hydrogen-bond acceptors (Lipinski definition) is 5. The van der Waals surface area contributed by atoms with Crippen molar-refractivity contribution in [1.29, 1.82) is 0 Å². The van der Waals surface area contributed by atoms with E-state index in [2.05, 4.69) is 4.98 Å². The van der Waals surface area contributed by atoms with Crippen LogP contribution in [0.25, 0.3) is 0 Å². The van der Waals surface area contributed by atoms with Crippen molar-refractivity contribution in [2.75, 3.05) is 19.6 Å². The summed E-state index contributed by atoms with van der Waals surface area (Å²) in [6, 6.07) is 0. The summed E-state index contributed by atoms with van der Waals surface area (Å²) in [6.45, 7) is 8.42. The fourth-order valence-corrected chi connectivity index (χ4v) is 5.34. The molecule has 142 valence electrons. The van der Waals surface area contributed by atoms with Crippen molar-refractivity contribution in [3.05, 3.63) is 15.6 Å². The van der Waals surface area contributed by atoms with Gasteiger partial charge in [0, 0.05) is 30.9 Å². The first-order chi connectivity index (χ1) is 12.3. The van der Waals surface area contributed by atoms with Gasteiger partial charge in [-0.3, -0.25) is 4.79 Å². The van der Waals surface area contributed by atoms with Crippen LogP contribution in [0.1, 0.15) is 60.4 Å². The van der Waals surface area contributed by atoms with Crippen LogP contribution in [0.15, 0.2) is 0 Å². The van der Waals surface area contributed by atoms with Gasteiger partial charge in [0.15, 0.2) is 5.01 Å². The average Bonchev–Trinajstić information content (AvgIpc) is 3.25. The molecule has 1 saturated carbocycles. The lowest BCUT2D eigenvalue weighted by Crippen LogP contribution is -2.39. The lowest BCUT2D eigenvalue weighted by atomic mass is 10.0. The van der Waals surface area contributed by atoms with Crippen molar-refractivity contribution < 1.29 is 14.3 Å². The maximum absolute atomic E-state index is 12.9. The molecule has 4 rings (SSSR count). The summed E-state index contributed by atoms with van der Waals surface area (Å²) in [6.07, 6.45) is 4.26. The number of aromatic nitrogens is 1. The van der Waals surface area contributed by atoms with Crippen molar-refractivity contribution in [2.24, 2.45) is 11.8 Å². The Kier molecular flexibility index (Phi) is 4.45. The highest BCUT2D eigenvalue weighted by Crippen LogP contribution is 2.38. The zero-order valence-electron chi connectivity index (χ0n) is 15.8. The number of thiazole rings is 1. The van der Waals surface area contributed by atoms with E-state index in [-0.39, 0.29) is 12.0 Å². The van der Waals surface area contributed by atoms with Crippen molar-refractivity contribution in [1.82, 2.24) is 14.8 Å². The molecule has 26 heavy (non-hydrogen) atoms. The second-order valence-corrected chi connectivity index (χ2v) is 9.79. The average molecular weight is 378 g/mol. The van der Waals surface area contributed by atoms with Crippen LogP contribution in [0.5, 0.6) is 0 Å². The molecule has 3 heterocycles. The van der Waals surface area contributed by atoms with Crippen LogP contribution < -0.4 is 0 Å². The smallest absolute Gasteiger partial charge is 0.410 e. The zero-order valence-corrected chi connectivity index (χ0v) is 16.6. The van der Waals surface area contributed by atoms with Gasteiger partial charge in [-0.05, 0) is 45.4 Å². The molecule has 0 spiro atoms. The lowest BCUT2D eigenvalue weighted by Gasteiger charge is -2.29. The summed E-state index contributed by atoms with van der Waals surface area (Å²) < 4.78 is 5.46. The molecule has 0 bridgehead atoms. The van der Waals surface area contributed by atoms with Gasteiger partial charge in [0.05, 0.1) is 12.2 Å². The molecule has 0 N–H and O–H groups in total. The van der Waals surface area contributed by atoms with E-state index in [1.807, 2.05) is 25.7 Å². The van der Waals surface area contributed by atoms with E-state index in [1.165, 1.54) is 30.6 Å². The Morgan fingerprint density at radius 3 is 2.50 bits per heavy atom. The molecule has 2 fully saturated rings. The van der Waals surface area contributed by atoms with Crippen molar-refractivity contribution in [3.63, 3.8) is 0 Å². The van der Waals surface area contributed by atoms with E-state index in [4.69, 9.17) is 4.74 Å². The Hall–Kier alpha value is -1.63. The molecule has 3 aliphatic rings. The highest BCUT2D eigenvalue weighted by atomic mass is 32.1. The Balaban J connectivity index is 1.43. The van der Waals surface area contributed by atoms with E-state index in [0.29, 0.717) is 29.9 Å². The molecule has 0 aromatic carbocycles. The lowest BCUT2D eigenvalue weighted by molar-refractivity contribution is 0.0222. The summed E-state index contributed by atoms with van der Waals surface area (Å²) in [5.74, 6) is 1.45. The molecule has 0 unspecified atom stereocenters. The minimum absolute atomic E-state index is 0.0719. The first-order valence-electron chi connectivity index (χ1n) is 9.56. The minimum atomic E-state index is -0.506. The quantitative estimate of drug-likeness (QED) is 0.753. The fraction of sp³-hybridized carbons (Fsp3) is 0.737.